The molecule has 5 heteroatoms. The molecule has 0 spiro atoms. The molecule has 0 bridgehead atoms. The van der Waals surface area contributed by atoms with Crippen molar-refractivity contribution in [2.45, 2.75) is 19.9 Å². The molecule has 0 heterocycles. The second-order valence-corrected chi connectivity index (χ2v) is 5.35. The number of benzene rings is 2. The molecule has 0 saturated heterocycles. The van der Waals surface area contributed by atoms with Crippen LogP contribution in [0.15, 0.2) is 54.6 Å². The molecule has 0 aliphatic heterocycles. The van der Waals surface area contributed by atoms with E-state index < -0.39 is 0 Å². The first-order chi connectivity index (χ1) is 11.0. The summed E-state index contributed by atoms with van der Waals surface area (Å²) in [5.74, 6) is 0.726. The summed E-state index contributed by atoms with van der Waals surface area (Å²) < 4.78 is 5.69. The van der Waals surface area contributed by atoms with Gasteiger partial charge in [0.1, 0.15) is 11.5 Å². The van der Waals surface area contributed by atoms with E-state index in [9.17, 15) is 9.59 Å². The van der Waals surface area contributed by atoms with Crippen LogP contribution in [-0.4, -0.2) is 24.4 Å². The SMILES string of the molecule is CC(C)NC(=O)CNC(=O)c1cccc(Oc2ccccc2)c1. The first-order valence-corrected chi connectivity index (χ1v) is 7.45. The van der Waals surface area contributed by atoms with Gasteiger partial charge in [-0.1, -0.05) is 24.3 Å². The van der Waals surface area contributed by atoms with Gasteiger partial charge in [0.15, 0.2) is 0 Å². The summed E-state index contributed by atoms with van der Waals surface area (Å²) in [6, 6.07) is 16.2. The van der Waals surface area contributed by atoms with Gasteiger partial charge < -0.3 is 15.4 Å². The maximum absolute atomic E-state index is 12.1. The highest BCUT2D eigenvalue weighted by Gasteiger charge is 2.09. The van der Waals surface area contributed by atoms with Gasteiger partial charge in [0.05, 0.1) is 6.54 Å². The third-order valence-electron chi connectivity index (χ3n) is 2.93. The lowest BCUT2D eigenvalue weighted by molar-refractivity contribution is -0.120. The molecule has 2 amide bonds. The van der Waals surface area contributed by atoms with Crippen LogP contribution in [0.4, 0.5) is 0 Å². The van der Waals surface area contributed by atoms with E-state index in [-0.39, 0.29) is 24.4 Å². The molecule has 2 aromatic carbocycles. The van der Waals surface area contributed by atoms with Crippen molar-refractivity contribution in [2.75, 3.05) is 6.54 Å². The van der Waals surface area contributed by atoms with Crippen molar-refractivity contribution >= 4 is 11.8 Å². The molecule has 2 N–H and O–H groups in total. The first-order valence-electron chi connectivity index (χ1n) is 7.45. The normalized spacial score (nSPS) is 10.2. The van der Waals surface area contributed by atoms with Crippen molar-refractivity contribution in [3.05, 3.63) is 60.2 Å². The standard InChI is InChI=1S/C18H20N2O3/c1-13(2)20-17(21)12-19-18(22)14-7-6-10-16(11-14)23-15-8-4-3-5-9-15/h3-11,13H,12H2,1-2H3,(H,19,22)(H,20,21). The van der Waals surface area contributed by atoms with Crippen molar-refractivity contribution in [3.8, 4) is 11.5 Å². The van der Waals surface area contributed by atoms with Crippen molar-refractivity contribution < 1.29 is 14.3 Å². The number of hydrogen-bond donors (Lipinski definition) is 2. The second-order valence-electron chi connectivity index (χ2n) is 5.35. The summed E-state index contributed by atoms with van der Waals surface area (Å²) in [6.07, 6.45) is 0. The molecule has 5 nitrogen and oxygen atoms in total. The quantitative estimate of drug-likeness (QED) is 0.862. The average molecular weight is 312 g/mol. The fraction of sp³-hybridized carbons (Fsp3) is 0.222. The molecule has 0 aromatic heterocycles. The Morgan fingerprint density at radius 3 is 2.39 bits per heavy atom. The molecule has 0 fully saturated rings. The zero-order valence-corrected chi connectivity index (χ0v) is 13.2. The number of rotatable bonds is 6. The minimum atomic E-state index is -0.317. The lowest BCUT2D eigenvalue weighted by atomic mass is 10.2. The topological polar surface area (TPSA) is 67.4 Å². The molecule has 120 valence electrons. The number of carbonyl (C=O) groups is 2. The van der Waals surface area contributed by atoms with Crippen molar-refractivity contribution in [2.24, 2.45) is 0 Å². The third kappa shape index (κ3) is 5.47. The number of amides is 2. The zero-order valence-electron chi connectivity index (χ0n) is 13.2. The third-order valence-corrected chi connectivity index (χ3v) is 2.93. The summed E-state index contributed by atoms with van der Waals surface area (Å²) in [5, 5.41) is 5.30. The number of ether oxygens (including phenoxy) is 1. The van der Waals surface area contributed by atoms with Gasteiger partial charge in [0.25, 0.3) is 5.91 Å². The Balaban J connectivity index is 1.96. The van der Waals surface area contributed by atoms with E-state index in [1.165, 1.54) is 0 Å². The Morgan fingerprint density at radius 2 is 1.70 bits per heavy atom. The molecular weight excluding hydrogens is 292 g/mol. The highest BCUT2D eigenvalue weighted by Crippen LogP contribution is 2.21. The smallest absolute Gasteiger partial charge is 0.251 e. The average Bonchev–Trinajstić information content (AvgIpc) is 2.53. The summed E-state index contributed by atoms with van der Waals surface area (Å²) >= 11 is 0. The molecule has 0 unspecified atom stereocenters. The summed E-state index contributed by atoms with van der Waals surface area (Å²) in [5.41, 5.74) is 0.441. The van der Waals surface area contributed by atoms with Gasteiger partial charge in [-0.3, -0.25) is 9.59 Å². The maximum atomic E-state index is 12.1. The van der Waals surface area contributed by atoms with Gasteiger partial charge in [-0.2, -0.15) is 0 Å². The summed E-state index contributed by atoms with van der Waals surface area (Å²) in [7, 11) is 0. The van der Waals surface area contributed by atoms with Crippen LogP contribution >= 0.6 is 0 Å². The molecule has 0 aliphatic rings. The van der Waals surface area contributed by atoms with E-state index in [1.54, 1.807) is 24.3 Å². The van der Waals surface area contributed by atoms with Crippen LogP contribution in [0.25, 0.3) is 0 Å². The maximum Gasteiger partial charge on any atom is 0.251 e. The van der Waals surface area contributed by atoms with Gasteiger partial charge in [-0.05, 0) is 44.2 Å². The lowest BCUT2D eigenvalue weighted by Gasteiger charge is -2.10. The summed E-state index contributed by atoms with van der Waals surface area (Å²) in [6.45, 7) is 3.68. The fourth-order valence-electron chi connectivity index (χ4n) is 1.96. The van der Waals surface area contributed by atoms with Gasteiger partial charge >= 0.3 is 0 Å². The van der Waals surface area contributed by atoms with Gasteiger partial charge in [0.2, 0.25) is 5.91 Å². The Morgan fingerprint density at radius 1 is 1.00 bits per heavy atom. The number of para-hydroxylation sites is 1. The van der Waals surface area contributed by atoms with E-state index in [4.69, 9.17) is 4.74 Å². The van der Waals surface area contributed by atoms with Crippen LogP contribution in [0.1, 0.15) is 24.2 Å². The van der Waals surface area contributed by atoms with E-state index in [0.29, 0.717) is 17.1 Å². The first kappa shape index (κ1) is 16.5. The summed E-state index contributed by atoms with van der Waals surface area (Å²) in [4.78, 5) is 23.6. The van der Waals surface area contributed by atoms with Crippen LogP contribution < -0.4 is 15.4 Å². The lowest BCUT2D eigenvalue weighted by Crippen LogP contribution is -2.39. The van der Waals surface area contributed by atoms with E-state index in [2.05, 4.69) is 10.6 Å². The van der Waals surface area contributed by atoms with Gasteiger partial charge in [0, 0.05) is 11.6 Å². The molecular formula is C18H20N2O3. The highest BCUT2D eigenvalue weighted by atomic mass is 16.5. The number of hydrogen-bond acceptors (Lipinski definition) is 3. The second kappa shape index (κ2) is 7.98. The predicted molar refractivity (Wildman–Crippen MR) is 88.6 cm³/mol. The fourth-order valence-corrected chi connectivity index (χ4v) is 1.96. The zero-order chi connectivity index (χ0) is 16.7. The monoisotopic (exact) mass is 312 g/mol. The molecule has 0 saturated carbocycles. The van der Waals surface area contributed by atoms with Crippen molar-refractivity contribution in [1.29, 1.82) is 0 Å². The van der Waals surface area contributed by atoms with E-state index >= 15 is 0 Å². The van der Waals surface area contributed by atoms with Crippen molar-refractivity contribution in [1.82, 2.24) is 10.6 Å². The Hall–Kier alpha value is -2.82. The van der Waals surface area contributed by atoms with Gasteiger partial charge in [-0.25, -0.2) is 0 Å². The molecule has 0 aliphatic carbocycles. The van der Waals surface area contributed by atoms with Crippen LogP contribution in [0, 0.1) is 0 Å². The van der Waals surface area contributed by atoms with E-state index in [1.807, 2.05) is 44.2 Å². The Bertz CT molecular complexity index is 669. The predicted octanol–water partition coefficient (Wildman–Crippen LogP) is 2.73. The molecule has 2 rings (SSSR count). The number of carbonyl (C=O) groups excluding carboxylic acids is 2. The van der Waals surface area contributed by atoms with E-state index in [0.717, 1.165) is 0 Å². The minimum absolute atomic E-state index is 0.0435. The van der Waals surface area contributed by atoms with Crippen LogP contribution in [0.3, 0.4) is 0 Å². The largest absolute Gasteiger partial charge is 0.457 e. The van der Waals surface area contributed by atoms with Crippen LogP contribution in [0.5, 0.6) is 11.5 Å². The Kier molecular flexibility index (Phi) is 5.74. The molecule has 23 heavy (non-hydrogen) atoms. The molecule has 2 aromatic rings. The Labute approximate surface area is 135 Å². The van der Waals surface area contributed by atoms with Crippen molar-refractivity contribution in [3.63, 3.8) is 0 Å². The van der Waals surface area contributed by atoms with Crippen LogP contribution in [-0.2, 0) is 4.79 Å². The molecule has 0 atom stereocenters. The molecule has 0 radical (unpaired) electrons. The number of nitrogens with one attached hydrogen (secondary N) is 2. The minimum Gasteiger partial charge on any atom is -0.457 e. The van der Waals surface area contributed by atoms with Gasteiger partial charge in [-0.15, -0.1) is 0 Å². The highest BCUT2D eigenvalue weighted by molar-refractivity contribution is 5.96. The van der Waals surface area contributed by atoms with Crippen LogP contribution in [0.2, 0.25) is 0 Å².